The molecule has 0 radical (unpaired) electrons. The minimum Gasteiger partial charge on any atom is -0.202 e. The van der Waals surface area contributed by atoms with Crippen LogP contribution in [0.2, 0.25) is 0 Å². The van der Waals surface area contributed by atoms with Crippen LogP contribution in [0.1, 0.15) is 19.9 Å². The number of pyridine rings is 1. The first kappa shape index (κ1) is 7.74. The molecular weight excluding hydrogens is 166 g/mol. The lowest BCUT2D eigenvalue weighted by Gasteiger charge is -1.98. The summed E-state index contributed by atoms with van der Waals surface area (Å²) < 4.78 is 3.60. The molecule has 0 saturated carbocycles. The number of fused-ring (bicyclic) bond motifs is 1. The quantitative estimate of drug-likeness (QED) is 0.591. The minimum absolute atomic E-state index is 0.552. The Bertz CT molecular complexity index is 389. The van der Waals surface area contributed by atoms with E-state index in [0.717, 1.165) is 0 Å². The van der Waals surface area contributed by atoms with Gasteiger partial charge < -0.3 is 0 Å². The molecule has 0 fully saturated rings. The number of thiophene rings is 1. The zero-order valence-corrected chi connectivity index (χ0v) is 8.14. The van der Waals surface area contributed by atoms with E-state index in [4.69, 9.17) is 0 Å². The molecule has 0 N–H and O–H groups in total. The molecule has 2 heterocycles. The van der Waals surface area contributed by atoms with E-state index >= 15 is 0 Å². The van der Waals surface area contributed by atoms with Crippen LogP contribution in [0.3, 0.4) is 0 Å². The summed E-state index contributed by atoms with van der Waals surface area (Å²) in [4.78, 5) is 0. The zero-order valence-electron chi connectivity index (χ0n) is 7.32. The van der Waals surface area contributed by atoms with E-state index < -0.39 is 0 Å². The van der Waals surface area contributed by atoms with Crippen LogP contribution in [0.15, 0.2) is 29.9 Å². The second-order valence-corrected chi connectivity index (χ2v) is 4.17. The van der Waals surface area contributed by atoms with Gasteiger partial charge in [-0.1, -0.05) is 0 Å². The summed E-state index contributed by atoms with van der Waals surface area (Å²) in [6.07, 6.45) is 4.35. The van der Waals surface area contributed by atoms with Crippen molar-refractivity contribution >= 4 is 21.4 Å². The Hall–Kier alpha value is -0.890. The summed E-state index contributed by atoms with van der Waals surface area (Å²) in [7, 11) is 0. The molecule has 0 aliphatic heterocycles. The maximum Gasteiger partial charge on any atom is 0.186 e. The summed E-state index contributed by atoms with van der Waals surface area (Å²) >= 11 is 1.80. The van der Waals surface area contributed by atoms with Gasteiger partial charge in [-0.25, -0.2) is 4.57 Å². The fourth-order valence-electron chi connectivity index (χ4n) is 1.24. The van der Waals surface area contributed by atoms with Crippen molar-refractivity contribution in [3.05, 3.63) is 29.9 Å². The van der Waals surface area contributed by atoms with Gasteiger partial charge in [0.05, 0.1) is 4.70 Å². The number of aromatic nitrogens is 1. The Labute approximate surface area is 76.3 Å². The molecule has 2 rings (SSSR count). The van der Waals surface area contributed by atoms with Crippen LogP contribution in [0, 0.1) is 0 Å². The predicted molar refractivity (Wildman–Crippen MR) is 52.4 cm³/mol. The van der Waals surface area contributed by atoms with Gasteiger partial charge in [0.2, 0.25) is 0 Å². The highest BCUT2D eigenvalue weighted by Crippen LogP contribution is 2.17. The van der Waals surface area contributed by atoms with E-state index in [1.54, 1.807) is 11.3 Å². The van der Waals surface area contributed by atoms with E-state index in [-0.39, 0.29) is 0 Å². The van der Waals surface area contributed by atoms with Crippen molar-refractivity contribution in [2.45, 2.75) is 19.9 Å². The standard InChI is InChI=1S/C10H12NS/c1-8(2)11-5-3-9-4-6-12-10(9)7-11/h3-8H,1-2H3/q+1. The first-order valence-corrected chi connectivity index (χ1v) is 5.03. The normalized spacial score (nSPS) is 11.2. The zero-order chi connectivity index (χ0) is 8.55. The Morgan fingerprint density at radius 1 is 1.33 bits per heavy atom. The largest absolute Gasteiger partial charge is 0.202 e. The molecule has 0 unspecified atom stereocenters. The Kier molecular flexibility index (Phi) is 1.85. The Morgan fingerprint density at radius 2 is 2.17 bits per heavy atom. The topological polar surface area (TPSA) is 3.88 Å². The van der Waals surface area contributed by atoms with Crippen LogP contribution in [-0.4, -0.2) is 0 Å². The van der Waals surface area contributed by atoms with E-state index in [0.29, 0.717) is 6.04 Å². The maximum absolute atomic E-state index is 2.23. The summed E-state index contributed by atoms with van der Waals surface area (Å²) in [6, 6.07) is 4.88. The first-order valence-electron chi connectivity index (χ1n) is 4.15. The molecule has 1 nitrogen and oxygen atoms in total. The number of hydrogen-bond donors (Lipinski definition) is 0. The van der Waals surface area contributed by atoms with Gasteiger partial charge in [0.1, 0.15) is 0 Å². The molecule has 0 atom stereocenters. The van der Waals surface area contributed by atoms with Crippen LogP contribution in [0.4, 0.5) is 0 Å². The molecule has 0 aliphatic rings. The van der Waals surface area contributed by atoms with Crippen molar-refractivity contribution in [2.24, 2.45) is 0 Å². The smallest absolute Gasteiger partial charge is 0.186 e. The third-order valence-corrected chi connectivity index (χ3v) is 2.88. The molecule has 0 saturated heterocycles. The van der Waals surface area contributed by atoms with E-state index in [9.17, 15) is 0 Å². The predicted octanol–water partition coefficient (Wildman–Crippen LogP) is 2.77. The fourth-order valence-corrected chi connectivity index (χ4v) is 2.06. The van der Waals surface area contributed by atoms with E-state index in [2.05, 4.69) is 48.3 Å². The third kappa shape index (κ3) is 1.23. The number of hydrogen-bond acceptors (Lipinski definition) is 1. The molecule has 0 spiro atoms. The third-order valence-electron chi connectivity index (χ3n) is 2.02. The van der Waals surface area contributed by atoms with Gasteiger partial charge in [-0.2, -0.15) is 0 Å². The SMILES string of the molecule is CC(C)[n+]1ccc2ccsc2c1. The molecule has 0 amide bonds. The lowest BCUT2D eigenvalue weighted by Crippen LogP contribution is -2.34. The highest BCUT2D eigenvalue weighted by molar-refractivity contribution is 7.17. The molecule has 12 heavy (non-hydrogen) atoms. The lowest BCUT2D eigenvalue weighted by molar-refractivity contribution is -0.714. The molecule has 2 heteroatoms. The van der Waals surface area contributed by atoms with Crippen molar-refractivity contribution in [1.82, 2.24) is 0 Å². The summed E-state index contributed by atoms with van der Waals surface area (Å²) in [6.45, 7) is 4.39. The second-order valence-electron chi connectivity index (χ2n) is 3.23. The Balaban J connectivity index is 2.60. The highest BCUT2D eigenvalue weighted by atomic mass is 32.1. The van der Waals surface area contributed by atoms with Crippen molar-refractivity contribution < 1.29 is 4.57 Å². The van der Waals surface area contributed by atoms with Crippen LogP contribution in [0.25, 0.3) is 10.1 Å². The summed E-state index contributed by atoms with van der Waals surface area (Å²) in [5.74, 6) is 0. The van der Waals surface area contributed by atoms with Gasteiger partial charge in [0.25, 0.3) is 0 Å². The molecule has 62 valence electrons. The van der Waals surface area contributed by atoms with E-state index in [1.807, 2.05) is 0 Å². The van der Waals surface area contributed by atoms with Crippen molar-refractivity contribution in [3.63, 3.8) is 0 Å². The number of nitrogens with zero attached hydrogens (tertiary/aromatic N) is 1. The maximum atomic E-state index is 2.23. The first-order chi connectivity index (χ1) is 5.77. The molecular formula is C10H12NS+. The van der Waals surface area contributed by atoms with Crippen molar-refractivity contribution in [3.8, 4) is 0 Å². The van der Waals surface area contributed by atoms with Crippen LogP contribution < -0.4 is 4.57 Å². The van der Waals surface area contributed by atoms with Gasteiger partial charge in [-0.3, -0.25) is 0 Å². The lowest BCUT2D eigenvalue weighted by atomic mass is 10.3. The van der Waals surface area contributed by atoms with Crippen LogP contribution in [-0.2, 0) is 0 Å². The summed E-state index contributed by atoms with van der Waals surface area (Å²) in [5, 5.41) is 3.48. The average Bonchev–Trinajstić information content (AvgIpc) is 2.49. The minimum atomic E-state index is 0.552. The van der Waals surface area contributed by atoms with Gasteiger partial charge in [0.15, 0.2) is 18.4 Å². The van der Waals surface area contributed by atoms with Gasteiger partial charge in [0, 0.05) is 11.5 Å². The van der Waals surface area contributed by atoms with Gasteiger partial charge in [-0.15, -0.1) is 11.3 Å². The average molecular weight is 178 g/mol. The molecule has 0 bridgehead atoms. The van der Waals surface area contributed by atoms with Gasteiger partial charge in [-0.05, 0) is 25.3 Å². The second kappa shape index (κ2) is 2.87. The van der Waals surface area contributed by atoms with Crippen molar-refractivity contribution in [2.75, 3.05) is 0 Å². The number of rotatable bonds is 1. The molecule has 0 aliphatic carbocycles. The van der Waals surface area contributed by atoms with Gasteiger partial charge >= 0.3 is 0 Å². The van der Waals surface area contributed by atoms with Crippen LogP contribution >= 0.6 is 11.3 Å². The van der Waals surface area contributed by atoms with Crippen LogP contribution in [0.5, 0.6) is 0 Å². The monoisotopic (exact) mass is 178 g/mol. The molecule has 0 aromatic carbocycles. The summed E-state index contributed by atoms with van der Waals surface area (Å²) in [5.41, 5.74) is 0. The van der Waals surface area contributed by atoms with Crippen molar-refractivity contribution in [1.29, 1.82) is 0 Å². The Morgan fingerprint density at radius 3 is 2.92 bits per heavy atom. The highest BCUT2D eigenvalue weighted by Gasteiger charge is 2.06. The van der Waals surface area contributed by atoms with E-state index in [1.165, 1.54) is 10.1 Å². The molecule has 2 aromatic heterocycles. The molecule has 2 aromatic rings. The fraction of sp³-hybridized carbons (Fsp3) is 0.300.